The molecule has 1 aliphatic rings. The van der Waals surface area contributed by atoms with Crippen molar-refractivity contribution in [3.8, 4) is 23.3 Å². The van der Waals surface area contributed by atoms with Crippen LogP contribution in [0.1, 0.15) is 40.3 Å². The van der Waals surface area contributed by atoms with E-state index in [2.05, 4.69) is 54.4 Å². The van der Waals surface area contributed by atoms with Crippen LogP contribution in [0.5, 0.6) is 0 Å². The summed E-state index contributed by atoms with van der Waals surface area (Å²) < 4.78 is 5.27. The molecule has 1 aromatic heterocycles. The lowest BCUT2D eigenvalue weighted by molar-refractivity contribution is -0.0312. The topological polar surface area (TPSA) is 95.7 Å². The molecule has 2 heterocycles. The Morgan fingerprint density at radius 2 is 1.85 bits per heavy atom. The molecule has 3 aromatic rings. The number of rotatable bonds is 7. The number of aryl methyl sites for hydroxylation is 1. The number of hydrogen-bond acceptors (Lipinski definition) is 6. The molecule has 0 bridgehead atoms. The van der Waals surface area contributed by atoms with Gasteiger partial charge < -0.3 is 10.5 Å². The van der Waals surface area contributed by atoms with E-state index in [1.165, 1.54) is 28.5 Å². The number of nitrogen functional groups attached to an aromatic ring is 1. The zero-order chi connectivity index (χ0) is 24.1. The first-order valence-electron chi connectivity index (χ1n) is 11.2. The van der Waals surface area contributed by atoms with Gasteiger partial charge >= 0.3 is 0 Å². The summed E-state index contributed by atoms with van der Waals surface area (Å²) in [5, 5.41) is 20.4. The van der Waals surface area contributed by atoms with Crippen molar-refractivity contribution in [2.75, 3.05) is 18.9 Å². The fraction of sp³-hybridized carbons (Fsp3) is 0.250. The van der Waals surface area contributed by atoms with Crippen LogP contribution in [0.3, 0.4) is 0 Å². The number of nitrogens with two attached hydrogens (primary N) is 1. The van der Waals surface area contributed by atoms with E-state index in [9.17, 15) is 10.5 Å². The van der Waals surface area contributed by atoms with E-state index >= 15 is 0 Å². The molecule has 0 radical (unpaired) electrons. The van der Waals surface area contributed by atoms with E-state index in [0.29, 0.717) is 27.8 Å². The highest BCUT2D eigenvalue weighted by Gasteiger charge is 2.22. The number of nitrogens with zero attached hydrogens (tertiary/aromatic N) is 3. The maximum atomic E-state index is 10.1. The first kappa shape index (κ1) is 23.6. The second-order valence-electron chi connectivity index (χ2n) is 8.39. The van der Waals surface area contributed by atoms with Gasteiger partial charge in [-0.25, -0.2) is 4.98 Å². The lowest BCUT2D eigenvalue weighted by Crippen LogP contribution is -2.29. The van der Waals surface area contributed by atoms with Crippen molar-refractivity contribution in [2.24, 2.45) is 5.92 Å². The van der Waals surface area contributed by atoms with Crippen molar-refractivity contribution in [2.45, 2.75) is 31.0 Å². The van der Waals surface area contributed by atoms with Gasteiger partial charge in [0.05, 0.1) is 18.8 Å². The summed E-state index contributed by atoms with van der Waals surface area (Å²) in [7, 11) is 0. The third kappa shape index (κ3) is 4.84. The van der Waals surface area contributed by atoms with Gasteiger partial charge in [-0.05, 0) is 48.1 Å². The average Bonchev–Trinajstić information content (AvgIpc) is 2.82. The van der Waals surface area contributed by atoms with E-state index in [4.69, 9.17) is 10.5 Å². The van der Waals surface area contributed by atoms with Crippen LogP contribution in [0, 0.1) is 35.5 Å². The average molecular weight is 467 g/mol. The Hall–Kier alpha value is -3.58. The Bertz CT molecular complexity index is 1310. The van der Waals surface area contributed by atoms with Crippen LogP contribution in [-0.4, -0.2) is 18.2 Å². The molecule has 4 rings (SSSR count). The lowest BCUT2D eigenvalue weighted by atomic mass is 9.93. The molecule has 0 atom stereocenters. The second-order valence-corrected chi connectivity index (χ2v) is 9.36. The van der Waals surface area contributed by atoms with E-state index < -0.39 is 0 Å². The number of benzene rings is 2. The SMILES string of the molecule is C/C=C\c1c(C)cccc1CSc1nc(N)c(C#N)c(-c2ccc(CC3COC3)cc2)c1C#N. The summed E-state index contributed by atoms with van der Waals surface area (Å²) >= 11 is 1.47. The molecule has 1 aliphatic heterocycles. The molecule has 2 N–H and O–H groups in total. The van der Waals surface area contributed by atoms with Crippen molar-refractivity contribution in [3.63, 3.8) is 0 Å². The van der Waals surface area contributed by atoms with Gasteiger partial charge in [0.15, 0.2) is 0 Å². The molecule has 2 aromatic carbocycles. The van der Waals surface area contributed by atoms with Crippen LogP contribution in [0.4, 0.5) is 5.82 Å². The Morgan fingerprint density at radius 3 is 2.47 bits per heavy atom. The van der Waals surface area contributed by atoms with Gasteiger partial charge in [-0.15, -0.1) is 11.8 Å². The van der Waals surface area contributed by atoms with E-state index in [0.717, 1.165) is 30.8 Å². The van der Waals surface area contributed by atoms with Gasteiger partial charge in [-0.1, -0.05) is 54.6 Å². The molecule has 6 heteroatoms. The third-order valence-electron chi connectivity index (χ3n) is 6.00. The monoisotopic (exact) mass is 466 g/mol. The minimum absolute atomic E-state index is 0.146. The second kappa shape index (κ2) is 10.6. The molecule has 1 fully saturated rings. The first-order chi connectivity index (χ1) is 16.5. The largest absolute Gasteiger partial charge is 0.383 e. The fourth-order valence-electron chi connectivity index (χ4n) is 4.15. The minimum Gasteiger partial charge on any atom is -0.383 e. The number of aromatic nitrogens is 1. The molecule has 34 heavy (non-hydrogen) atoms. The molecule has 0 spiro atoms. The molecule has 5 nitrogen and oxygen atoms in total. The molecular weight excluding hydrogens is 440 g/mol. The quantitative estimate of drug-likeness (QED) is 0.436. The van der Waals surface area contributed by atoms with Gasteiger partial charge in [0.1, 0.15) is 28.5 Å². The minimum atomic E-state index is 0.146. The predicted molar refractivity (Wildman–Crippen MR) is 137 cm³/mol. The number of pyridine rings is 1. The lowest BCUT2D eigenvalue weighted by Gasteiger charge is -2.25. The number of anilines is 1. The number of nitriles is 2. The maximum absolute atomic E-state index is 10.1. The van der Waals surface area contributed by atoms with Crippen molar-refractivity contribution in [3.05, 3.63) is 81.9 Å². The van der Waals surface area contributed by atoms with Gasteiger partial charge in [0, 0.05) is 17.2 Å². The molecule has 0 saturated carbocycles. The summed E-state index contributed by atoms with van der Waals surface area (Å²) in [5.41, 5.74) is 12.9. The highest BCUT2D eigenvalue weighted by molar-refractivity contribution is 7.98. The maximum Gasteiger partial charge on any atom is 0.143 e. The number of ether oxygens (including phenoxy) is 1. The van der Waals surface area contributed by atoms with Crippen LogP contribution in [0.25, 0.3) is 17.2 Å². The first-order valence-corrected chi connectivity index (χ1v) is 12.2. The summed E-state index contributed by atoms with van der Waals surface area (Å²) in [6.45, 7) is 5.69. The highest BCUT2D eigenvalue weighted by atomic mass is 32.2. The van der Waals surface area contributed by atoms with E-state index in [1.54, 1.807) is 0 Å². The molecule has 1 saturated heterocycles. The van der Waals surface area contributed by atoms with Gasteiger partial charge in [-0.3, -0.25) is 0 Å². The molecule has 0 amide bonds. The summed E-state index contributed by atoms with van der Waals surface area (Å²) in [6, 6.07) is 18.7. The smallest absolute Gasteiger partial charge is 0.143 e. The van der Waals surface area contributed by atoms with Crippen molar-refractivity contribution in [1.29, 1.82) is 10.5 Å². The van der Waals surface area contributed by atoms with Crippen molar-refractivity contribution in [1.82, 2.24) is 4.98 Å². The third-order valence-corrected chi connectivity index (χ3v) is 7.03. The van der Waals surface area contributed by atoms with E-state index in [1.807, 2.05) is 31.2 Å². The van der Waals surface area contributed by atoms with Crippen molar-refractivity contribution >= 4 is 23.7 Å². The summed E-state index contributed by atoms with van der Waals surface area (Å²) in [5.74, 6) is 1.34. The van der Waals surface area contributed by atoms with Crippen LogP contribution in [0.2, 0.25) is 0 Å². The summed E-state index contributed by atoms with van der Waals surface area (Å²) in [6.07, 6.45) is 5.08. The van der Waals surface area contributed by atoms with Crippen LogP contribution in [-0.2, 0) is 16.9 Å². The fourth-order valence-corrected chi connectivity index (χ4v) is 5.15. The van der Waals surface area contributed by atoms with Crippen molar-refractivity contribution < 1.29 is 4.74 Å². The molecule has 170 valence electrons. The van der Waals surface area contributed by atoms with Crippen LogP contribution < -0.4 is 5.73 Å². The number of thioether (sulfide) groups is 1. The standard InChI is InChI=1S/C28H26N4OS/c1-3-5-23-18(2)6-4-7-22(23)17-34-28-25(14-30)26(24(13-29)27(31)32-28)21-10-8-19(9-11-21)12-20-15-33-16-20/h3-11,20H,12,15-17H2,1-2H3,(H2,31,32)/b5-3-. The molecular formula is C28H26N4OS. The number of hydrogen-bond donors (Lipinski definition) is 1. The van der Waals surface area contributed by atoms with Gasteiger partial charge in [-0.2, -0.15) is 10.5 Å². The van der Waals surface area contributed by atoms with Gasteiger partial charge in [0.2, 0.25) is 0 Å². The normalized spacial score (nSPS) is 13.4. The Balaban J connectivity index is 1.70. The van der Waals surface area contributed by atoms with Crippen LogP contribution in [0.15, 0.2) is 53.6 Å². The Kier molecular flexibility index (Phi) is 7.33. The zero-order valence-corrected chi connectivity index (χ0v) is 20.2. The Labute approximate surface area is 204 Å². The highest BCUT2D eigenvalue weighted by Crippen LogP contribution is 2.37. The van der Waals surface area contributed by atoms with Crippen LogP contribution >= 0.6 is 11.8 Å². The van der Waals surface area contributed by atoms with Gasteiger partial charge in [0.25, 0.3) is 0 Å². The number of allylic oxidation sites excluding steroid dienone is 1. The predicted octanol–water partition coefficient (Wildman–Crippen LogP) is 5.90. The Morgan fingerprint density at radius 1 is 1.12 bits per heavy atom. The molecule has 0 aliphatic carbocycles. The zero-order valence-electron chi connectivity index (χ0n) is 19.3. The van der Waals surface area contributed by atoms with E-state index in [-0.39, 0.29) is 11.4 Å². The molecule has 0 unspecified atom stereocenters. The summed E-state index contributed by atoms with van der Waals surface area (Å²) in [4.78, 5) is 4.45.